The Morgan fingerprint density at radius 3 is 2.81 bits per heavy atom. The van der Waals surface area contributed by atoms with Crippen molar-refractivity contribution in [1.29, 1.82) is 0 Å². The van der Waals surface area contributed by atoms with Crippen molar-refractivity contribution >= 4 is 5.91 Å². The van der Waals surface area contributed by atoms with Crippen LogP contribution in [0.3, 0.4) is 0 Å². The first kappa shape index (κ1) is 17.5. The fourth-order valence-corrected chi connectivity index (χ4v) is 3.70. The molecule has 1 aliphatic rings. The first-order chi connectivity index (χ1) is 13.2. The van der Waals surface area contributed by atoms with Crippen molar-refractivity contribution in [3.8, 4) is 0 Å². The lowest BCUT2D eigenvalue weighted by molar-refractivity contribution is -0.123. The van der Waals surface area contributed by atoms with E-state index in [-0.39, 0.29) is 11.9 Å². The minimum atomic E-state index is -0.599. The molecule has 0 spiro atoms. The quantitative estimate of drug-likeness (QED) is 0.710. The van der Waals surface area contributed by atoms with Gasteiger partial charge in [-0.2, -0.15) is 0 Å². The summed E-state index contributed by atoms with van der Waals surface area (Å²) in [7, 11) is 0. The second-order valence-electron chi connectivity index (χ2n) is 7.13. The molecule has 5 nitrogen and oxygen atoms in total. The minimum absolute atomic E-state index is 0.0652. The van der Waals surface area contributed by atoms with Gasteiger partial charge in [0.2, 0.25) is 5.91 Å². The first-order valence-electron chi connectivity index (χ1n) is 9.37. The maximum Gasteiger partial charge on any atom is 0.237 e. The smallest absolute Gasteiger partial charge is 0.237 e. The van der Waals surface area contributed by atoms with Gasteiger partial charge in [0.1, 0.15) is 0 Å². The van der Waals surface area contributed by atoms with E-state index in [1.807, 2.05) is 41.1 Å². The monoisotopic (exact) mass is 360 g/mol. The van der Waals surface area contributed by atoms with Gasteiger partial charge < -0.3 is 15.6 Å². The molecular weight excluding hydrogens is 336 g/mol. The third kappa shape index (κ3) is 4.09. The van der Waals surface area contributed by atoms with E-state index in [2.05, 4.69) is 34.6 Å². The number of carbonyl (C=O) groups is 1. The van der Waals surface area contributed by atoms with Crippen LogP contribution in [0.25, 0.3) is 0 Å². The van der Waals surface area contributed by atoms with Crippen molar-refractivity contribution in [2.24, 2.45) is 5.73 Å². The van der Waals surface area contributed by atoms with Gasteiger partial charge in [0.05, 0.1) is 24.1 Å². The summed E-state index contributed by atoms with van der Waals surface area (Å²) in [5.41, 5.74) is 10.7. The van der Waals surface area contributed by atoms with Gasteiger partial charge in [-0.15, -0.1) is 0 Å². The number of hydrogen-bond acceptors (Lipinski definition) is 3. The summed E-state index contributed by atoms with van der Waals surface area (Å²) >= 11 is 0. The van der Waals surface area contributed by atoms with Crippen LogP contribution in [0, 0.1) is 0 Å². The largest absolute Gasteiger partial charge is 0.348 e. The van der Waals surface area contributed by atoms with Crippen molar-refractivity contribution in [1.82, 2.24) is 14.9 Å². The maximum absolute atomic E-state index is 12.5. The van der Waals surface area contributed by atoms with Crippen LogP contribution in [0.4, 0.5) is 0 Å². The molecular formula is C22H24N4O. The average Bonchev–Trinajstić information content (AvgIpc) is 3.30. The summed E-state index contributed by atoms with van der Waals surface area (Å²) in [4.78, 5) is 16.9. The molecule has 3 N–H and O–H groups in total. The van der Waals surface area contributed by atoms with Crippen LogP contribution in [0.2, 0.25) is 0 Å². The molecule has 0 aliphatic heterocycles. The predicted molar refractivity (Wildman–Crippen MR) is 105 cm³/mol. The number of benzene rings is 2. The molecule has 0 saturated heterocycles. The van der Waals surface area contributed by atoms with Crippen molar-refractivity contribution in [3.63, 3.8) is 0 Å². The highest BCUT2D eigenvalue weighted by molar-refractivity contribution is 5.82. The Morgan fingerprint density at radius 2 is 1.96 bits per heavy atom. The molecule has 1 aliphatic carbocycles. The third-order valence-electron chi connectivity index (χ3n) is 5.11. The van der Waals surface area contributed by atoms with Gasteiger partial charge in [0.25, 0.3) is 0 Å². The Kier molecular flexibility index (Phi) is 5.03. The second-order valence-corrected chi connectivity index (χ2v) is 7.13. The maximum atomic E-state index is 12.5. The van der Waals surface area contributed by atoms with Crippen LogP contribution in [0.5, 0.6) is 0 Å². The molecule has 0 radical (unpaired) electrons. The van der Waals surface area contributed by atoms with E-state index in [0.717, 1.165) is 25.1 Å². The summed E-state index contributed by atoms with van der Waals surface area (Å²) in [6.45, 7) is 0.758. The van der Waals surface area contributed by atoms with Crippen LogP contribution in [0.1, 0.15) is 34.8 Å². The molecule has 0 fully saturated rings. The van der Waals surface area contributed by atoms with E-state index in [9.17, 15) is 4.79 Å². The number of aromatic nitrogens is 2. The Morgan fingerprint density at radius 1 is 1.19 bits per heavy atom. The molecule has 5 heteroatoms. The van der Waals surface area contributed by atoms with E-state index >= 15 is 0 Å². The van der Waals surface area contributed by atoms with E-state index in [1.54, 1.807) is 6.33 Å². The summed E-state index contributed by atoms with van der Waals surface area (Å²) in [6, 6.07) is 17.9. The van der Waals surface area contributed by atoms with Gasteiger partial charge in [-0.3, -0.25) is 4.79 Å². The number of nitrogens with two attached hydrogens (primary N) is 1. The van der Waals surface area contributed by atoms with Crippen molar-refractivity contribution < 1.29 is 4.79 Å². The third-order valence-corrected chi connectivity index (χ3v) is 5.11. The van der Waals surface area contributed by atoms with Crippen molar-refractivity contribution in [2.45, 2.75) is 37.9 Å². The zero-order valence-corrected chi connectivity index (χ0v) is 15.2. The van der Waals surface area contributed by atoms with Gasteiger partial charge in [-0.25, -0.2) is 4.98 Å². The molecule has 2 aromatic carbocycles. The zero-order valence-electron chi connectivity index (χ0n) is 15.2. The molecule has 1 heterocycles. The number of rotatable bonds is 6. The van der Waals surface area contributed by atoms with Crippen molar-refractivity contribution in [3.05, 3.63) is 89.5 Å². The molecule has 0 bridgehead atoms. The standard InChI is InChI=1S/C22H24N4O/c23-20(22(27)25-21-11-10-17-8-4-5-9-19(17)21)12-18-14-26(15-24-18)13-16-6-2-1-3-7-16/h1-9,14-15,20-21H,10-13,23H2,(H,25,27)/t20-,21?/m0/s1. The number of amides is 1. The van der Waals surface area contributed by atoms with Crippen LogP contribution in [-0.4, -0.2) is 21.5 Å². The highest BCUT2D eigenvalue weighted by atomic mass is 16.2. The molecule has 138 valence electrons. The van der Waals surface area contributed by atoms with E-state index in [0.29, 0.717) is 6.42 Å². The number of fused-ring (bicyclic) bond motifs is 1. The Bertz CT molecular complexity index is 919. The Hall–Kier alpha value is -2.92. The number of carbonyl (C=O) groups excluding carboxylic acids is 1. The molecule has 27 heavy (non-hydrogen) atoms. The van der Waals surface area contributed by atoms with Crippen LogP contribution >= 0.6 is 0 Å². The lowest BCUT2D eigenvalue weighted by Crippen LogP contribution is -2.43. The highest BCUT2D eigenvalue weighted by Gasteiger charge is 2.25. The van der Waals surface area contributed by atoms with Gasteiger partial charge >= 0.3 is 0 Å². The topological polar surface area (TPSA) is 72.9 Å². The van der Waals surface area contributed by atoms with E-state index in [4.69, 9.17) is 5.73 Å². The van der Waals surface area contributed by atoms with Crippen LogP contribution in [0.15, 0.2) is 67.1 Å². The molecule has 3 aromatic rings. The molecule has 1 unspecified atom stereocenters. The lowest BCUT2D eigenvalue weighted by atomic mass is 10.1. The predicted octanol–water partition coefficient (Wildman–Crippen LogP) is 2.60. The molecule has 1 aromatic heterocycles. The molecule has 2 atom stereocenters. The fourth-order valence-electron chi connectivity index (χ4n) is 3.70. The lowest BCUT2D eigenvalue weighted by Gasteiger charge is -2.17. The molecule has 0 saturated carbocycles. The van der Waals surface area contributed by atoms with E-state index < -0.39 is 6.04 Å². The van der Waals surface area contributed by atoms with Gasteiger partial charge in [-0.05, 0) is 29.5 Å². The Balaban J connectivity index is 1.34. The normalized spacial score (nSPS) is 16.7. The SMILES string of the molecule is N[C@@H](Cc1cn(Cc2ccccc2)cn1)C(=O)NC1CCc2ccccc21. The minimum Gasteiger partial charge on any atom is -0.348 e. The summed E-state index contributed by atoms with van der Waals surface area (Å²) in [5, 5.41) is 3.10. The number of aryl methyl sites for hydroxylation is 1. The summed E-state index contributed by atoms with van der Waals surface area (Å²) < 4.78 is 2.02. The van der Waals surface area contributed by atoms with E-state index in [1.165, 1.54) is 16.7 Å². The number of nitrogens with zero attached hydrogens (tertiary/aromatic N) is 2. The Labute approximate surface area is 159 Å². The van der Waals surface area contributed by atoms with Gasteiger partial charge in [0.15, 0.2) is 0 Å². The highest BCUT2D eigenvalue weighted by Crippen LogP contribution is 2.30. The fraction of sp³-hybridized carbons (Fsp3) is 0.273. The summed E-state index contributed by atoms with van der Waals surface area (Å²) in [5.74, 6) is -0.116. The summed E-state index contributed by atoms with van der Waals surface area (Å²) in [6.07, 6.45) is 6.12. The molecule has 1 amide bonds. The second kappa shape index (κ2) is 7.76. The van der Waals surface area contributed by atoms with Crippen molar-refractivity contribution in [2.75, 3.05) is 0 Å². The number of hydrogen-bond donors (Lipinski definition) is 2. The number of nitrogens with one attached hydrogen (secondary N) is 1. The zero-order chi connectivity index (χ0) is 18.6. The van der Waals surface area contributed by atoms with Crippen LogP contribution < -0.4 is 11.1 Å². The van der Waals surface area contributed by atoms with Crippen LogP contribution in [-0.2, 0) is 24.2 Å². The van der Waals surface area contributed by atoms with Gasteiger partial charge in [0, 0.05) is 19.2 Å². The van der Waals surface area contributed by atoms with Gasteiger partial charge in [-0.1, -0.05) is 54.6 Å². The number of imidazole rings is 1. The average molecular weight is 360 g/mol. The molecule has 4 rings (SSSR count). The first-order valence-corrected chi connectivity index (χ1v) is 9.37.